The molecule has 3 nitrogen and oxygen atoms in total. The van der Waals surface area contributed by atoms with Gasteiger partial charge in [-0.05, 0) is 40.4 Å². The Hall–Kier alpha value is -1.03. The molecule has 0 atom stereocenters. The van der Waals surface area contributed by atoms with Gasteiger partial charge in [0.15, 0.2) is 0 Å². The van der Waals surface area contributed by atoms with E-state index in [0.29, 0.717) is 6.42 Å². The lowest BCUT2D eigenvalue weighted by Crippen LogP contribution is -2.15. The fraction of sp³-hybridized carbons (Fsp3) is 0.562. The smallest absolute Gasteiger partial charge is 0.224 e. The van der Waals surface area contributed by atoms with Crippen LogP contribution >= 0.6 is 15.9 Å². The van der Waals surface area contributed by atoms with Gasteiger partial charge in [-0.25, -0.2) is 0 Å². The number of halogens is 1. The van der Waals surface area contributed by atoms with Crippen molar-refractivity contribution < 1.29 is 9.53 Å². The number of benzene rings is 1. The van der Waals surface area contributed by atoms with Crippen LogP contribution < -0.4 is 10.1 Å². The molecule has 1 N–H and O–H groups in total. The van der Waals surface area contributed by atoms with E-state index in [0.717, 1.165) is 28.2 Å². The second kappa shape index (κ2) is 7.67. The van der Waals surface area contributed by atoms with Crippen molar-refractivity contribution >= 4 is 27.5 Å². The summed E-state index contributed by atoms with van der Waals surface area (Å²) in [4.78, 5) is 12.0. The van der Waals surface area contributed by atoms with Gasteiger partial charge in [-0.15, -0.1) is 0 Å². The molecule has 1 aliphatic rings. The molecule has 1 saturated carbocycles. The molecule has 0 heterocycles. The highest BCUT2D eigenvalue weighted by molar-refractivity contribution is 9.10. The van der Waals surface area contributed by atoms with Crippen LogP contribution in [0.1, 0.15) is 44.9 Å². The average Bonchev–Trinajstić information content (AvgIpc) is 2.48. The Bertz CT molecular complexity index is 456. The molecule has 0 unspecified atom stereocenters. The van der Waals surface area contributed by atoms with Crippen LogP contribution in [0.15, 0.2) is 22.7 Å². The molecule has 1 amide bonds. The van der Waals surface area contributed by atoms with Gasteiger partial charge in [-0.3, -0.25) is 4.79 Å². The van der Waals surface area contributed by atoms with Crippen LogP contribution in [0.2, 0.25) is 0 Å². The first-order valence-electron chi connectivity index (χ1n) is 7.32. The summed E-state index contributed by atoms with van der Waals surface area (Å²) in [5, 5.41) is 2.96. The molecule has 1 fully saturated rings. The number of methoxy groups -OCH3 is 1. The minimum Gasteiger partial charge on any atom is -0.497 e. The van der Waals surface area contributed by atoms with E-state index < -0.39 is 0 Å². The van der Waals surface area contributed by atoms with Gasteiger partial charge in [0.2, 0.25) is 5.91 Å². The molecule has 4 heteroatoms. The van der Waals surface area contributed by atoms with Crippen molar-refractivity contribution in [2.75, 3.05) is 12.4 Å². The Morgan fingerprint density at radius 3 is 2.80 bits per heavy atom. The van der Waals surface area contributed by atoms with Gasteiger partial charge in [0, 0.05) is 17.0 Å². The number of ether oxygens (including phenoxy) is 1. The van der Waals surface area contributed by atoms with Gasteiger partial charge < -0.3 is 10.1 Å². The number of nitrogens with one attached hydrogen (secondary N) is 1. The van der Waals surface area contributed by atoms with Crippen LogP contribution in [0, 0.1) is 5.92 Å². The first kappa shape index (κ1) is 15.4. The standard InChI is InChI=1S/C16H22BrNO2/c1-20-13-8-9-14(17)15(11-13)18-16(19)10-7-12-5-3-2-4-6-12/h8-9,11-12H,2-7,10H2,1H3,(H,18,19). The van der Waals surface area contributed by atoms with Crippen molar-refractivity contribution in [3.8, 4) is 5.75 Å². The van der Waals surface area contributed by atoms with Gasteiger partial charge in [0.1, 0.15) is 5.75 Å². The van der Waals surface area contributed by atoms with Gasteiger partial charge in [-0.2, -0.15) is 0 Å². The lowest BCUT2D eigenvalue weighted by molar-refractivity contribution is -0.116. The van der Waals surface area contributed by atoms with E-state index in [2.05, 4.69) is 21.2 Å². The summed E-state index contributed by atoms with van der Waals surface area (Å²) in [6, 6.07) is 5.58. The Labute approximate surface area is 129 Å². The molecule has 20 heavy (non-hydrogen) atoms. The fourth-order valence-electron chi connectivity index (χ4n) is 2.75. The monoisotopic (exact) mass is 339 g/mol. The zero-order chi connectivity index (χ0) is 14.4. The van der Waals surface area contributed by atoms with Crippen LogP contribution in [0.3, 0.4) is 0 Å². The maximum Gasteiger partial charge on any atom is 0.224 e. The number of hydrogen-bond acceptors (Lipinski definition) is 2. The molecule has 2 rings (SSSR count). The summed E-state index contributed by atoms with van der Waals surface area (Å²) in [7, 11) is 1.62. The molecule has 0 aromatic heterocycles. The zero-order valence-corrected chi connectivity index (χ0v) is 13.5. The minimum absolute atomic E-state index is 0.0875. The third-order valence-electron chi connectivity index (χ3n) is 3.95. The minimum atomic E-state index is 0.0875. The lowest BCUT2D eigenvalue weighted by atomic mass is 9.86. The van der Waals surface area contributed by atoms with Crippen LogP contribution in [0.25, 0.3) is 0 Å². The number of carbonyl (C=O) groups excluding carboxylic acids is 1. The highest BCUT2D eigenvalue weighted by Gasteiger charge is 2.15. The molecule has 1 aromatic rings. The first-order valence-corrected chi connectivity index (χ1v) is 8.11. The van der Waals surface area contributed by atoms with Crippen molar-refractivity contribution in [2.45, 2.75) is 44.9 Å². The molecule has 0 aliphatic heterocycles. The predicted octanol–water partition coefficient (Wildman–Crippen LogP) is 4.76. The molecule has 0 spiro atoms. The molecular weight excluding hydrogens is 318 g/mol. The van der Waals surface area contributed by atoms with Crippen molar-refractivity contribution in [1.29, 1.82) is 0 Å². The van der Waals surface area contributed by atoms with E-state index in [-0.39, 0.29) is 5.91 Å². The Morgan fingerprint density at radius 1 is 1.35 bits per heavy atom. The topological polar surface area (TPSA) is 38.3 Å². The number of anilines is 1. The maximum absolute atomic E-state index is 12.0. The van der Waals surface area contributed by atoms with Gasteiger partial charge in [-0.1, -0.05) is 32.1 Å². The number of hydrogen-bond donors (Lipinski definition) is 1. The summed E-state index contributed by atoms with van der Waals surface area (Å²) in [6.45, 7) is 0. The third-order valence-corrected chi connectivity index (χ3v) is 4.64. The predicted molar refractivity (Wildman–Crippen MR) is 85.1 cm³/mol. The van der Waals surface area contributed by atoms with Crippen molar-refractivity contribution in [2.24, 2.45) is 5.92 Å². The molecular formula is C16H22BrNO2. The summed E-state index contributed by atoms with van der Waals surface area (Å²) >= 11 is 3.45. The van der Waals surface area contributed by atoms with E-state index in [9.17, 15) is 4.79 Å². The first-order chi connectivity index (χ1) is 9.69. The summed E-state index contributed by atoms with van der Waals surface area (Å²) < 4.78 is 6.05. The second-order valence-corrected chi connectivity index (χ2v) is 6.29. The van der Waals surface area contributed by atoms with E-state index in [1.807, 2.05) is 18.2 Å². The lowest BCUT2D eigenvalue weighted by Gasteiger charge is -2.21. The average molecular weight is 340 g/mol. The van der Waals surface area contributed by atoms with Crippen LogP contribution in [-0.4, -0.2) is 13.0 Å². The van der Waals surface area contributed by atoms with Crippen molar-refractivity contribution in [3.63, 3.8) is 0 Å². The highest BCUT2D eigenvalue weighted by atomic mass is 79.9. The summed E-state index contributed by atoms with van der Waals surface area (Å²) in [5.74, 6) is 1.57. The largest absolute Gasteiger partial charge is 0.497 e. The van der Waals surface area contributed by atoms with Crippen molar-refractivity contribution in [1.82, 2.24) is 0 Å². The maximum atomic E-state index is 12.0. The van der Waals surface area contributed by atoms with E-state index >= 15 is 0 Å². The summed E-state index contributed by atoms with van der Waals surface area (Å²) in [5.41, 5.74) is 0.776. The Kier molecular flexibility index (Phi) is 5.89. The molecule has 1 aromatic carbocycles. The Balaban J connectivity index is 1.84. The SMILES string of the molecule is COc1ccc(Br)c(NC(=O)CCC2CCCCC2)c1. The zero-order valence-electron chi connectivity index (χ0n) is 12.0. The number of amides is 1. The quantitative estimate of drug-likeness (QED) is 0.839. The van der Waals surface area contributed by atoms with Crippen molar-refractivity contribution in [3.05, 3.63) is 22.7 Å². The van der Waals surface area contributed by atoms with E-state index in [4.69, 9.17) is 4.74 Å². The fourth-order valence-corrected chi connectivity index (χ4v) is 3.10. The van der Waals surface area contributed by atoms with Crippen LogP contribution in [0.4, 0.5) is 5.69 Å². The molecule has 0 bridgehead atoms. The number of carbonyl (C=O) groups is 1. The van der Waals surface area contributed by atoms with Gasteiger partial charge in [0.05, 0.1) is 12.8 Å². The van der Waals surface area contributed by atoms with Gasteiger partial charge >= 0.3 is 0 Å². The second-order valence-electron chi connectivity index (χ2n) is 5.44. The van der Waals surface area contributed by atoms with Crippen LogP contribution in [0.5, 0.6) is 5.75 Å². The van der Waals surface area contributed by atoms with Gasteiger partial charge in [0.25, 0.3) is 0 Å². The number of rotatable bonds is 5. The highest BCUT2D eigenvalue weighted by Crippen LogP contribution is 2.29. The van der Waals surface area contributed by atoms with E-state index in [1.165, 1.54) is 32.1 Å². The van der Waals surface area contributed by atoms with E-state index in [1.54, 1.807) is 7.11 Å². The Morgan fingerprint density at radius 2 is 2.10 bits per heavy atom. The molecule has 1 aliphatic carbocycles. The molecule has 110 valence electrons. The normalized spacial score (nSPS) is 15.9. The third kappa shape index (κ3) is 4.51. The summed E-state index contributed by atoms with van der Waals surface area (Å²) in [6.07, 6.45) is 8.20. The van der Waals surface area contributed by atoms with Crippen LogP contribution in [-0.2, 0) is 4.79 Å². The molecule has 0 saturated heterocycles. The molecule has 0 radical (unpaired) electrons.